The number of Topliss-reactive ketones (excluding diaryl/α,β-unsaturated/α-hetero) is 1. The number of carbonyl (C=O) groups is 3. The number of amides is 1. The summed E-state index contributed by atoms with van der Waals surface area (Å²) in [7, 11) is 0. The van der Waals surface area contributed by atoms with E-state index in [0.29, 0.717) is 36.0 Å². The molecule has 1 aliphatic heterocycles. The van der Waals surface area contributed by atoms with E-state index in [4.69, 9.17) is 14.2 Å². The van der Waals surface area contributed by atoms with Gasteiger partial charge in [0, 0.05) is 17.3 Å². The molecule has 0 bridgehead atoms. The summed E-state index contributed by atoms with van der Waals surface area (Å²) in [5.74, 6) is 0.0292. The van der Waals surface area contributed by atoms with Gasteiger partial charge in [-0.15, -0.1) is 0 Å². The number of esters is 1. The molecule has 1 aliphatic rings. The maximum absolute atomic E-state index is 11.9. The Bertz CT molecular complexity index is 934. The largest absolute Gasteiger partial charge is 0.486 e. The van der Waals surface area contributed by atoms with Gasteiger partial charge in [0.25, 0.3) is 5.91 Å². The zero-order valence-electron chi connectivity index (χ0n) is 15.3. The van der Waals surface area contributed by atoms with Gasteiger partial charge in [0.2, 0.25) is 0 Å². The number of benzene rings is 2. The lowest BCUT2D eigenvalue weighted by molar-refractivity contribution is -0.142. The first-order valence-electron chi connectivity index (χ1n) is 8.66. The second-order valence-electron chi connectivity index (χ2n) is 6.03. The number of anilines is 1. The first-order valence-corrected chi connectivity index (χ1v) is 8.66. The van der Waals surface area contributed by atoms with Crippen molar-refractivity contribution in [2.75, 3.05) is 25.1 Å². The molecular weight excluding hydrogens is 362 g/mol. The number of rotatable bonds is 6. The Morgan fingerprint density at radius 1 is 1.07 bits per heavy atom. The zero-order valence-corrected chi connectivity index (χ0v) is 15.3. The molecule has 2 aromatic carbocycles. The van der Waals surface area contributed by atoms with E-state index in [2.05, 4.69) is 5.32 Å². The molecule has 0 aromatic heterocycles. The Hall–Kier alpha value is -3.61. The second kappa shape index (κ2) is 8.85. The van der Waals surface area contributed by atoms with Crippen LogP contribution in [0.25, 0.3) is 6.08 Å². The second-order valence-corrected chi connectivity index (χ2v) is 6.03. The number of nitrogens with one attached hydrogen (secondary N) is 1. The summed E-state index contributed by atoms with van der Waals surface area (Å²) in [5, 5.41) is 2.58. The summed E-state index contributed by atoms with van der Waals surface area (Å²) in [6.07, 6.45) is 2.80. The lowest BCUT2D eigenvalue weighted by Crippen LogP contribution is -2.20. The Kier molecular flexibility index (Phi) is 6.06. The predicted molar refractivity (Wildman–Crippen MR) is 103 cm³/mol. The molecule has 0 saturated heterocycles. The molecule has 1 heterocycles. The van der Waals surface area contributed by atoms with Gasteiger partial charge in [0.15, 0.2) is 23.9 Å². The van der Waals surface area contributed by atoms with E-state index in [1.807, 2.05) is 0 Å². The lowest BCUT2D eigenvalue weighted by Gasteiger charge is -2.18. The topological polar surface area (TPSA) is 90.9 Å². The van der Waals surface area contributed by atoms with Gasteiger partial charge < -0.3 is 19.5 Å². The minimum atomic E-state index is -0.650. The van der Waals surface area contributed by atoms with Gasteiger partial charge >= 0.3 is 5.97 Å². The van der Waals surface area contributed by atoms with Crippen molar-refractivity contribution in [3.63, 3.8) is 0 Å². The highest BCUT2D eigenvalue weighted by Crippen LogP contribution is 2.31. The molecule has 0 spiro atoms. The van der Waals surface area contributed by atoms with E-state index in [-0.39, 0.29) is 5.78 Å². The fourth-order valence-corrected chi connectivity index (χ4v) is 2.53. The fourth-order valence-electron chi connectivity index (χ4n) is 2.53. The molecule has 0 unspecified atom stereocenters. The van der Waals surface area contributed by atoms with Gasteiger partial charge in [0.1, 0.15) is 13.2 Å². The van der Waals surface area contributed by atoms with E-state index < -0.39 is 18.5 Å². The maximum Gasteiger partial charge on any atom is 0.331 e. The third-order valence-electron chi connectivity index (χ3n) is 3.88. The number of fused-ring (bicyclic) bond motifs is 1. The molecule has 0 saturated carbocycles. The molecule has 0 aliphatic carbocycles. The highest BCUT2D eigenvalue weighted by atomic mass is 16.6. The summed E-state index contributed by atoms with van der Waals surface area (Å²) in [6.45, 7) is 1.99. The van der Waals surface area contributed by atoms with Crippen molar-refractivity contribution < 1.29 is 28.6 Å². The van der Waals surface area contributed by atoms with Crippen LogP contribution in [-0.4, -0.2) is 37.5 Å². The highest BCUT2D eigenvalue weighted by Gasteiger charge is 2.11. The van der Waals surface area contributed by atoms with Crippen LogP contribution in [0.15, 0.2) is 48.5 Å². The molecule has 7 heteroatoms. The predicted octanol–water partition coefficient (Wildman–Crippen LogP) is 2.86. The first-order chi connectivity index (χ1) is 13.5. The summed E-state index contributed by atoms with van der Waals surface area (Å²) in [4.78, 5) is 35.1. The Morgan fingerprint density at radius 2 is 1.86 bits per heavy atom. The summed E-state index contributed by atoms with van der Waals surface area (Å²) < 4.78 is 15.8. The third-order valence-corrected chi connectivity index (χ3v) is 3.88. The van der Waals surface area contributed by atoms with Gasteiger partial charge in [-0.1, -0.05) is 18.2 Å². The molecule has 0 atom stereocenters. The van der Waals surface area contributed by atoms with E-state index in [1.54, 1.807) is 48.5 Å². The van der Waals surface area contributed by atoms with Gasteiger partial charge in [0.05, 0.1) is 0 Å². The van der Waals surface area contributed by atoms with Crippen molar-refractivity contribution in [1.29, 1.82) is 0 Å². The number of hydrogen-bond donors (Lipinski definition) is 1. The smallest absolute Gasteiger partial charge is 0.331 e. The van der Waals surface area contributed by atoms with Crippen molar-refractivity contribution >= 4 is 29.4 Å². The van der Waals surface area contributed by atoms with Crippen LogP contribution in [0, 0.1) is 0 Å². The molecule has 28 heavy (non-hydrogen) atoms. The number of ether oxygens (including phenoxy) is 3. The summed E-state index contributed by atoms with van der Waals surface area (Å²) >= 11 is 0. The minimum Gasteiger partial charge on any atom is -0.486 e. The molecule has 0 fully saturated rings. The summed E-state index contributed by atoms with van der Waals surface area (Å²) in [6, 6.07) is 11.8. The number of ketones is 1. The summed E-state index contributed by atoms with van der Waals surface area (Å²) in [5.41, 5.74) is 1.68. The van der Waals surface area contributed by atoms with Crippen LogP contribution >= 0.6 is 0 Å². The van der Waals surface area contributed by atoms with Crippen LogP contribution in [-0.2, 0) is 14.3 Å². The van der Waals surface area contributed by atoms with Crippen molar-refractivity contribution in [3.8, 4) is 11.5 Å². The fraction of sp³-hybridized carbons (Fsp3) is 0.190. The van der Waals surface area contributed by atoms with E-state index in [0.717, 1.165) is 5.56 Å². The SMILES string of the molecule is CC(=O)c1cccc(NC(=O)COC(=O)C=Cc2ccc3c(c2)OCCO3)c1. The molecule has 7 nitrogen and oxygen atoms in total. The quantitative estimate of drug-likeness (QED) is 0.470. The molecule has 3 rings (SSSR count). The minimum absolute atomic E-state index is 0.105. The molecule has 0 radical (unpaired) electrons. The Morgan fingerprint density at radius 3 is 2.64 bits per heavy atom. The van der Waals surface area contributed by atoms with Crippen LogP contribution in [0.2, 0.25) is 0 Å². The van der Waals surface area contributed by atoms with Crippen molar-refractivity contribution in [3.05, 3.63) is 59.7 Å². The Labute approximate surface area is 161 Å². The van der Waals surface area contributed by atoms with Crippen LogP contribution in [0.5, 0.6) is 11.5 Å². The van der Waals surface area contributed by atoms with Gasteiger partial charge in [-0.25, -0.2) is 4.79 Å². The maximum atomic E-state index is 11.9. The third kappa shape index (κ3) is 5.20. The van der Waals surface area contributed by atoms with Crippen LogP contribution in [0.1, 0.15) is 22.8 Å². The van der Waals surface area contributed by atoms with Crippen molar-refractivity contribution in [2.24, 2.45) is 0 Å². The van der Waals surface area contributed by atoms with Crippen molar-refractivity contribution in [1.82, 2.24) is 0 Å². The average molecular weight is 381 g/mol. The zero-order chi connectivity index (χ0) is 19.9. The average Bonchev–Trinajstić information content (AvgIpc) is 2.70. The van der Waals surface area contributed by atoms with Gasteiger partial charge in [-0.05, 0) is 42.8 Å². The standard InChI is InChI=1S/C21H19NO6/c1-14(23)16-3-2-4-17(12-16)22-20(24)13-28-21(25)8-6-15-5-7-18-19(11-15)27-10-9-26-18/h2-8,11-12H,9-10,13H2,1H3,(H,22,24). The lowest BCUT2D eigenvalue weighted by atomic mass is 10.1. The van der Waals surface area contributed by atoms with Crippen LogP contribution in [0.3, 0.4) is 0 Å². The van der Waals surface area contributed by atoms with Gasteiger partial charge in [-0.3, -0.25) is 9.59 Å². The van der Waals surface area contributed by atoms with E-state index in [9.17, 15) is 14.4 Å². The van der Waals surface area contributed by atoms with E-state index >= 15 is 0 Å². The van der Waals surface area contributed by atoms with E-state index in [1.165, 1.54) is 13.0 Å². The van der Waals surface area contributed by atoms with Crippen LogP contribution < -0.4 is 14.8 Å². The molecular formula is C21H19NO6. The normalized spacial score (nSPS) is 12.5. The highest BCUT2D eigenvalue weighted by molar-refractivity contribution is 5.98. The van der Waals surface area contributed by atoms with Crippen molar-refractivity contribution in [2.45, 2.75) is 6.92 Å². The van der Waals surface area contributed by atoms with Crippen LogP contribution in [0.4, 0.5) is 5.69 Å². The number of hydrogen-bond acceptors (Lipinski definition) is 6. The molecule has 2 aromatic rings. The monoisotopic (exact) mass is 381 g/mol. The van der Waals surface area contributed by atoms with Gasteiger partial charge in [-0.2, -0.15) is 0 Å². The first kappa shape index (κ1) is 19.2. The molecule has 144 valence electrons. The Balaban J connectivity index is 1.50. The molecule has 1 amide bonds. The number of carbonyl (C=O) groups excluding carboxylic acids is 3. The molecule has 1 N–H and O–H groups in total.